The van der Waals surface area contributed by atoms with Gasteiger partial charge < -0.3 is 4.74 Å². The minimum atomic E-state index is 0.574. The molecule has 1 heteroatoms. The van der Waals surface area contributed by atoms with E-state index in [1.54, 1.807) is 0 Å². The first-order valence-corrected chi connectivity index (χ1v) is 3.57. The van der Waals surface area contributed by atoms with Crippen LogP contribution in [0.2, 0.25) is 0 Å². The van der Waals surface area contributed by atoms with Gasteiger partial charge in [0.05, 0.1) is 12.7 Å². The SMILES string of the molecule is C=CCC[C@@H](C)[C@H]1CO1. The summed E-state index contributed by atoms with van der Waals surface area (Å²) in [6, 6.07) is 0. The summed E-state index contributed by atoms with van der Waals surface area (Å²) in [5.74, 6) is 0.739. The van der Waals surface area contributed by atoms with Gasteiger partial charge in [0.2, 0.25) is 0 Å². The minimum Gasteiger partial charge on any atom is -0.373 e. The van der Waals surface area contributed by atoms with Gasteiger partial charge in [0.25, 0.3) is 0 Å². The molecule has 1 nitrogen and oxygen atoms in total. The Morgan fingerprint density at radius 2 is 2.56 bits per heavy atom. The van der Waals surface area contributed by atoms with Crippen molar-refractivity contribution in [3.63, 3.8) is 0 Å². The molecule has 0 bridgehead atoms. The van der Waals surface area contributed by atoms with E-state index in [1.807, 2.05) is 6.08 Å². The lowest BCUT2D eigenvalue weighted by atomic mass is 10.0. The molecule has 0 aromatic carbocycles. The topological polar surface area (TPSA) is 12.5 Å². The van der Waals surface area contributed by atoms with E-state index in [0.717, 1.165) is 18.9 Å². The number of rotatable bonds is 4. The van der Waals surface area contributed by atoms with Crippen molar-refractivity contribution < 1.29 is 4.74 Å². The Morgan fingerprint density at radius 1 is 1.89 bits per heavy atom. The van der Waals surface area contributed by atoms with Crippen molar-refractivity contribution >= 4 is 0 Å². The number of hydrogen-bond donors (Lipinski definition) is 0. The van der Waals surface area contributed by atoms with Crippen LogP contribution in [0.25, 0.3) is 0 Å². The van der Waals surface area contributed by atoms with Crippen LogP contribution >= 0.6 is 0 Å². The summed E-state index contributed by atoms with van der Waals surface area (Å²) >= 11 is 0. The normalized spacial score (nSPS) is 27.4. The molecule has 0 radical (unpaired) electrons. The summed E-state index contributed by atoms with van der Waals surface area (Å²) in [5, 5.41) is 0. The van der Waals surface area contributed by atoms with Gasteiger partial charge in [-0.25, -0.2) is 0 Å². The lowest BCUT2D eigenvalue weighted by Crippen LogP contribution is -2.01. The molecule has 1 rings (SSSR count). The molecule has 2 atom stereocenters. The van der Waals surface area contributed by atoms with Gasteiger partial charge in [0, 0.05) is 0 Å². The molecule has 0 aliphatic carbocycles. The van der Waals surface area contributed by atoms with Crippen LogP contribution in [0.4, 0.5) is 0 Å². The second kappa shape index (κ2) is 3.02. The molecule has 1 heterocycles. The highest BCUT2D eigenvalue weighted by Crippen LogP contribution is 2.23. The first kappa shape index (κ1) is 6.81. The maximum Gasteiger partial charge on any atom is 0.0835 e. The Hall–Kier alpha value is -0.300. The zero-order chi connectivity index (χ0) is 6.69. The number of ether oxygens (including phenoxy) is 1. The Kier molecular flexibility index (Phi) is 2.29. The van der Waals surface area contributed by atoms with Crippen LogP contribution in [0.1, 0.15) is 19.8 Å². The minimum absolute atomic E-state index is 0.574. The summed E-state index contributed by atoms with van der Waals surface area (Å²) in [6.07, 6.45) is 4.90. The van der Waals surface area contributed by atoms with Crippen LogP contribution in [-0.2, 0) is 4.74 Å². The van der Waals surface area contributed by atoms with Gasteiger partial charge >= 0.3 is 0 Å². The largest absolute Gasteiger partial charge is 0.373 e. The van der Waals surface area contributed by atoms with Crippen LogP contribution in [0.5, 0.6) is 0 Å². The Bertz CT molecular complexity index is 94.7. The van der Waals surface area contributed by atoms with Crippen molar-refractivity contribution in [1.82, 2.24) is 0 Å². The third-order valence-corrected chi connectivity index (χ3v) is 1.82. The molecule has 1 aliphatic rings. The highest BCUT2D eigenvalue weighted by Gasteiger charge is 2.28. The van der Waals surface area contributed by atoms with Gasteiger partial charge in [0.15, 0.2) is 0 Å². The molecule has 52 valence electrons. The fourth-order valence-corrected chi connectivity index (χ4v) is 0.951. The van der Waals surface area contributed by atoms with Crippen molar-refractivity contribution in [2.45, 2.75) is 25.9 Å². The predicted octanol–water partition coefficient (Wildman–Crippen LogP) is 1.99. The Labute approximate surface area is 56.7 Å². The second-order valence-electron chi connectivity index (χ2n) is 2.72. The van der Waals surface area contributed by atoms with E-state index in [2.05, 4.69) is 13.5 Å². The van der Waals surface area contributed by atoms with E-state index < -0.39 is 0 Å². The highest BCUT2D eigenvalue weighted by atomic mass is 16.6. The third-order valence-electron chi connectivity index (χ3n) is 1.82. The lowest BCUT2D eigenvalue weighted by molar-refractivity contribution is 0.332. The van der Waals surface area contributed by atoms with E-state index in [0.29, 0.717) is 6.10 Å². The molecule has 0 spiro atoms. The van der Waals surface area contributed by atoms with Crippen molar-refractivity contribution in [1.29, 1.82) is 0 Å². The summed E-state index contributed by atoms with van der Waals surface area (Å²) in [5.41, 5.74) is 0. The van der Waals surface area contributed by atoms with Crippen molar-refractivity contribution in [3.8, 4) is 0 Å². The summed E-state index contributed by atoms with van der Waals surface area (Å²) in [4.78, 5) is 0. The number of allylic oxidation sites excluding steroid dienone is 1. The van der Waals surface area contributed by atoms with Crippen LogP contribution in [0.15, 0.2) is 12.7 Å². The monoisotopic (exact) mass is 126 g/mol. The number of epoxide rings is 1. The molecule has 0 aromatic heterocycles. The zero-order valence-electron chi connectivity index (χ0n) is 5.97. The smallest absolute Gasteiger partial charge is 0.0835 e. The van der Waals surface area contributed by atoms with Gasteiger partial charge in [0.1, 0.15) is 0 Å². The van der Waals surface area contributed by atoms with Gasteiger partial charge in [-0.1, -0.05) is 13.0 Å². The first-order valence-electron chi connectivity index (χ1n) is 3.57. The fraction of sp³-hybridized carbons (Fsp3) is 0.750. The molecule has 0 saturated carbocycles. The first-order chi connectivity index (χ1) is 4.34. The summed E-state index contributed by atoms with van der Waals surface area (Å²) in [6.45, 7) is 6.89. The van der Waals surface area contributed by atoms with E-state index in [9.17, 15) is 0 Å². The molecular formula is C8H14O. The van der Waals surface area contributed by atoms with Gasteiger partial charge in [-0.3, -0.25) is 0 Å². The Balaban J connectivity index is 2.02. The van der Waals surface area contributed by atoms with Gasteiger partial charge in [-0.15, -0.1) is 6.58 Å². The quantitative estimate of drug-likeness (QED) is 0.414. The molecule has 1 aliphatic heterocycles. The molecule has 9 heavy (non-hydrogen) atoms. The molecule has 1 saturated heterocycles. The average Bonchev–Trinajstić information content (AvgIpc) is 2.63. The standard InChI is InChI=1S/C8H14O/c1-3-4-5-7(2)8-6-9-8/h3,7-8H,1,4-6H2,2H3/t7-,8-/m1/s1. The average molecular weight is 126 g/mol. The predicted molar refractivity (Wildman–Crippen MR) is 38.3 cm³/mol. The van der Waals surface area contributed by atoms with Gasteiger partial charge in [-0.05, 0) is 18.8 Å². The third kappa shape index (κ3) is 2.19. The second-order valence-corrected chi connectivity index (χ2v) is 2.72. The molecular weight excluding hydrogens is 112 g/mol. The van der Waals surface area contributed by atoms with Crippen LogP contribution in [-0.4, -0.2) is 12.7 Å². The van der Waals surface area contributed by atoms with Crippen LogP contribution in [0.3, 0.4) is 0 Å². The van der Waals surface area contributed by atoms with E-state index in [1.165, 1.54) is 6.42 Å². The van der Waals surface area contributed by atoms with Crippen molar-refractivity contribution in [2.24, 2.45) is 5.92 Å². The lowest BCUT2D eigenvalue weighted by Gasteiger charge is -2.03. The van der Waals surface area contributed by atoms with Gasteiger partial charge in [-0.2, -0.15) is 0 Å². The van der Waals surface area contributed by atoms with E-state index in [-0.39, 0.29) is 0 Å². The maximum atomic E-state index is 5.13. The molecule has 0 N–H and O–H groups in total. The summed E-state index contributed by atoms with van der Waals surface area (Å²) in [7, 11) is 0. The Morgan fingerprint density at radius 3 is 3.00 bits per heavy atom. The zero-order valence-corrected chi connectivity index (χ0v) is 5.97. The molecule has 0 unspecified atom stereocenters. The summed E-state index contributed by atoms with van der Waals surface area (Å²) < 4.78 is 5.13. The molecule has 0 aromatic rings. The highest BCUT2D eigenvalue weighted by molar-refractivity contribution is 4.78. The van der Waals surface area contributed by atoms with E-state index in [4.69, 9.17) is 4.74 Å². The maximum absolute atomic E-state index is 5.13. The molecule has 0 amide bonds. The molecule has 1 fully saturated rings. The fourth-order valence-electron chi connectivity index (χ4n) is 0.951. The van der Waals surface area contributed by atoms with Crippen molar-refractivity contribution in [2.75, 3.05) is 6.61 Å². The van der Waals surface area contributed by atoms with E-state index >= 15 is 0 Å². The van der Waals surface area contributed by atoms with Crippen molar-refractivity contribution in [3.05, 3.63) is 12.7 Å². The van der Waals surface area contributed by atoms with Crippen LogP contribution < -0.4 is 0 Å². The number of hydrogen-bond acceptors (Lipinski definition) is 1. The van der Waals surface area contributed by atoms with Crippen LogP contribution in [0, 0.1) is 5.92 Å².